The van der Waals surface area contributed by atoms with Crippen molar-refractivity contribution in [2.45, 2.75) is 0 Å². The lowest BCUT2D eigenvalue weighted by Gasteiger charge is -2.13. The van der Waals surface area contributed by atoms with Crippen molar-refractivity contribution in [3.8, 4) is 39.8 Å². The number of aryl methyl sites for hydroxylation is 1. The first-order chi connectivity index (χ1) is 13.2. The maximum absolute atomic E-state index is 5.46. The van der Waals surface area contributed by atoms with Crippen LogP contribution >= 0.6 is 0 Å². The minimum Gasteiger partial charge on any atom is -0.493 e. The van der Waals surface area contributed by atoms with Crippen LogP contribution in [0, 0.1) is 0 Å². The second kappa shape index (κ2) is 6.68. The van der Waals surface area contributed by atoms with Crippen molar-refractivity contribution >= 4 is 10.9 Å². The van der Waals surface area contributed by atoms with Crippen LogP contribution in [-0.2, 0) is 7.05 Å². The first-order valence-corrected chi connectivity index (χ1v) is 8.43. The van der Waals surface area contributed by atoms with Crippen LogP contribution < -0.4 is 14.2 Å². The van der Waals surface area contributed by atoms with Crippen molar-refractivity contribution < 1.29 is 14.2 Å². The number of aromatic nitrogens is 4. The van der Waals surface area contributed by atoms with Crippen LogP contribution in [0.25, 0.3) is 33.4 Å². The standard InChI is InChI=1S/C20H20N4O3/c1-24-8-7-12-9-13(5-6-15(12)24)18-19(22-23-21-18)14-10-16(25-2)20(27-4)17(11-14)26-3/h5-11H,1-4H3,(H,21,22,23). The highest BCUT2D eigenvalue weighted by Gasteiger charge is 2.19. The van der Waals surface area contributed by atoms with Gasteiger partial charge in [-0.05, 0) is 30.3 Å². The van der Waals surface area contributed by atoms with Crippen molar-refractivity contribution in [1.29, 1.82) is 0 Å². The fourth-order valence-corrected chi connectivity index (χ4v) is 3.29. The number of hydrogen-bond acceptors (Lipinski definition) is 5. The van der Waals surface area contributed by atoms with Crippen LogP contribution in [0.1, 0.15) is 0 Å². The Morgan fingerprint density at radius 2 is 1.63 bits per heavy atom. The Hall–Kier alpha value is -3.48. The van der Waals surface area contributed by atoms with E-state index in [2.05, 4.69) is 44.2 Å². The number of benzene rings is 2. The normalized spacial score (nSPS) is 11.0. The Kier molecular flexibility index (Phi) is 4.19. The summed E-state index contributed by atoms with van der Waals surface area (Å²) in [6.45, 7) is 0. The first-order valence-electron chi connectivity index (χ1n) is 8.43. The van der Waals surface area contributed by atoms with Gasteiger partial charge in [0.1, 0.15) is 5.69 Å². The SMILES string of the molecule is COc1cc(-c2nn[nH]c2-c2ccc3c(ccn3C)c2)cc(OC)c1OC. The number of aromatic amines is 1. The van der Waals surface area contributed by atoms with Crippen molar-refractivity contribution in [2.75, 3.05) is 21.3 Å². The van der Waals surface area contributed by atoms with Gasteiger partial charge in [-0.15, -0.1) is 5.10 Å². The van der Waals surface area contributed by atoms with Gasteiger partial charge in [-0.1, -0.05) is 11.3 Å². The molecule has 0 fully saturated rings. The molecule has 2 aromatic carbocycles. The van der Waals surface area contributed by atoms with E-state index in [0.29, 0.717) is 22.9 Å². The summed E-state index contributed by atoms with van der Waals surface area (Å²) in [6.07, 6.45) is 2.04. The number of ether oxygens (including phenoxy) is 3. The van der Waals surface area contributed by atoms with E-state index in [1.54, 1.807) is 21.3 Å². The molecule has 0 aliphatic rings. The Balaban J connectivity index is 1.86. The monoisotopic (exact) mass is 364 g/mol. The zero-order chi connectivity index (χ0) is 19.0. The highest BCUT2D eigenvalue weighted by molar-refractivity contribution is 5.88. The van der Waals surface area contributed by atoms with Crippen LogP contribution in [0.4, 0.5) is 0 Å². The number of rotatable bonds is 5. The summed E-state index contributed by atoms with van der Waals surface area (Å²) in [5.41, 5.74) is 4.53. The summed E-state index contributed by atoms with van der Waals surface area (Å²) in [5, 5.41) is 12.5. The number of nitrogens with zero attached hydrogens (tertiary/aromatic N) is 3. The topological polar surface area (TPSA) is 74.2 Å². The van der Waals surface area contributed by atoms with Crippen LogP contribution in [0.3, 0.4) is 0 Å². The summed E-state index contributed by atoms with van der Waals surface area (Å²) < 4.78 is 18.4. The minimum atomic E-state index is 0.541. The largest absolute Gasteiger partial charge is 0.493 e. The molecule has 0 spiro atoms. The molecule has 0 unspecified atom stereocenters. The van der Waals surface area contributed by atoms with Crippen LogP contribution in [0.2, 0.25) is 0 Å². The molecule has 0 amide bonds. The molecule has 4 rings (SSSR count). The van der Waals surface area contributed by atoms with Crippen molar-refractivity contribution in [3.05, 3.63) is 42.6 Å². The molecule has 2 heterocycles. The van der Waals surface area contributed by atoms with E-state index >= 15 is 0 Å². The maximum atomic E-state index is 5.46. The zero-order valence-corrected chi connectivity index (χ0v) is 15.6. The predicted molar refractivity (Wildman–Crippen MR) is 103 cm³/mol. The van der Waals surface area contributed by atoms with Gasteiger partial charge < -0.3 is 18.8 Å². The molecule has 0 aliphatic carbocycles. The van der Waals surface area contributed by atoms with E-state index in [1.807, 2.05) is 25.4 Å². The van der Waals surface area contributed by atoms with Gasteiger partial charge in [-0.3, -0.25) is 5.10 Å². The third kappa shape index (κ3) is 2.77. The van der Waals surface area contributed by atoms with Gasteiger partial charge in [-0.25, -0.2) is 0 Å². The molecule has 4 aromatic rings. The lowest BCUT2D eigenvalue weighted by Crippen LogP contribution is -1.96. The van der Waals surface area contributed by atoms with Gasteiger partial charge in [0.15, 0.2) is 11.5 Å². The summed E-state index contributed by atoms with van der Waals surface area (Å²) in [4.78, 5) is 0. The number of methoxy groups -OCH3 is 3. The van der Waals surface area contributed by atoms with Gasteiger partial charge in [0, 0.05) is 35.3 Å². The van der Waals surface area contributed by atoms with Crippen LogP contribution in [-0.4, -0.2) is 41.3 Å². The maximum Gasteiger partial charge on any atom is 0.203 e. The molecule has 0 atom stereocenters. The molecule has 0 saturated heterocycles. The first kappa shape index (κ1) is 17.0. The van der Waals surface area contributed by atoms with E-state index in [-0.39, 0.29) is 0 Å². The molecule has 0 bridgehead atoms. The highest BCUT2D eigenvalue weighted by atomic mass is 16.5. The average molecular weight is 364 g/mol. The van der Waals surface area contributed by atoms with Crippen LogP contribution in [0.5, 0.6) is 17.2 Å². The van der Waals surface area contributed by atoms with E-state index in [1.165, 1.54) is 5.52 Å². The number of H-pyrrole nitrogens is 1. The Bertz CT molecular complexity index is 1090. The summed E-state index contributed by atoms with van der Waals surface area (Å²) in [5.74, 6) is 1.68. The Morgan fingerprint density at radius 3 is 2.30 bits per heavy atom. The molecule has 0 aliphatic heterocycles. The number of hydrogen-bond donors (Lipinski definition) is 1. The minimum absolute atomic E-state index is 0.541. The molecule has 0 saturated carbocycles. The smallest absolute Gasteiger partial charge is 0.203 e. The lowest BCUT2D eigenvalue weighted by molar-refractivity contribution is 0.324. The van der Waals surface area contributed by atoms with Gasteiger partial charge >= 0.3 is 0 Å². The second-order valence-electron chi connectivity index (χ2n) is 6.15. The summed E-state index contributed by atoms with van der Waals surface area (Å²) in [7, 11) is 6.79. The van der Waals surface area contributed by atoms with E-state index in [9.17, 15) is 0 Å². The molecule has 0 radical (unpaired) electrons. The zero-order valence-electron chi connectivity index (χ0n) is 15.6. The molecule has 7 nitrogen and oxygen atoms in total. The quantitative estimate of drug-likeness (QED) is 0.585. The van der Waals surface area contributed by atoms with Crippen molar-refractivity contribution in [2.24, 2.45) is 7.05 Å². The predicted octanol–water partition coefficient (Wildman–Crippen LogP) is 3.66. The third-order valence-corrected chi connectivity index (χ3v) is 4.66. The Morgan fingerprint density at radius 1 is 0.889 bits per heavy atom. The van der Waals surface area contributed by atoms with E-state index < -0.39 is 0 Å². The van der Waals surface area contributed by atoms with Gasteiger partial charge in [0.2, 0.25) is 5.75 Å². The molecule has 138 valence electrons. The molecule has 27 heavy (non-hydrogen) atoms. The molecule has 2 aromatic heterocycles. The average Bonchev–Trinajstić information content (AvgIpc) is 3.33. The summed E-state index contributed by atoms with van der Waals surface area (Å²) in [6, 6.07) is 12.1. The van der Waals surface area contributed by atoms with Crippen molar-refractivity contribution in [1.82, 2.24) is 20.0 Å². The fourth-order valence-electron chi connectivity index (χ4n) is 3.29. The van der Waals surface area contributed by atoms with Gasteiger partial charge in [0.05, 0.1) is 27.0 Å². The third-order valence-electron chi connectivity index (χ3n) is 4.66. The van der Waals surface area contributed by atoms with E-state index in [0.717, 1.165) is 22.2 Å². The number of fused-ring (bicyclic) bond motifs is 1. The lowest BCUT2D eigenvalue weighted by atomic mass is 10.0. The van der Waals surface area contributed by atoms with E-state index in [4.69, 9.17) is 14.2 Å². The summed E-state index contributed by atoms with van der Waals surface area (Å²) >= 11 is 0. The fraction of sp³-hybridized carbons (Fsp3) is 0.200. The molecular formula is C20H20N4O3. The molecule has 1 N–H and O–H groups in total. The number of nitrogens with one attached hydrogen (secondary N) is 1. The van der Waals surface area contributed by atoms with Gasteiger partial charge in [-0.2, -0.15) is 0 Å². The van der Waals surface area contributed by atoms with Crippen molar-refractivity contribution in [3.63, 3.8) is 0 Å². The van der Waals surface area contributed by atoms with Crippen LogP contribution in [0.15, 0.2) is 42.6 Å². The molecular weight excluding hydrogens is 344 g/mol. The second-order valence-corrected chi connectivity index (χ2v) is 6.15. The van der Waals surface area contributed by atoms with Gasteiger partial charge in [0.25, 0.3) is 0 Å². The molecule has 7 heteroatoms. The Labute approximate surface area is 156 Å². The highest BCUT2D eigenvalue weighted by Crippen LogP contribution is 2.42.